The van der Waals surface area contributed by atoms with Gasteiger partial charge in [0.1, 0.15) is 12.4 Å². The second kappa shape index (κ2) is 13.8. The van der Waals surface area contributed by atoms with Gasteiger partial charge in [-0.05, 0) is 82.6 Å². The molecule has 2 aromatic heterocycles. The maximum absolute atomic E-state index is 15.4. The predicted molar refractivity (Wildman–Crippen MR) is 168 cm³/mol. The van der Waals surface area contributed by atoms with E-state index in [9.17, 15) is 14.3 Å². The van der Waals surface area contributed by atoms with E-state index < -0.39 is 17.2 Å². The summed E-state index contributed by atoms with van der Waals surface area (Å²) in [4.78, 5) is 14.8. The number of rotatable bonds is 14. The first kappa shape index (κ1) is 32.7. The van der Waals surface area contributed by atoms with Gasteiger partial charge in [-0.1, -0.05) is 6.07 Å². The zero-order valence-electron chi connectivity index (χ0n) is 26.7. The Labute approximate surface area is 261 Å². The zero-order chi connectivity index (χ0) is 32.3. The van der Waals surface area contributed by atoms with Crippen molar-refractivity contribution >= 4 is 10.9 Å². The van der Waals surface area contributed by atoms with Crippen LogP contribution >= 0.6 is 0 Å². The van der Waals surface area contributed by atoms with Crippen LogP contribution < -0.4 is 10.3 Å². The highest BCUT2D eigenvalue weighted by Gasteiger charge is 2.44. The number of aliphatic hydroxyl groups is 1. The summed E-state index contributed by atoms with van der Waals surface area (Å²) in [5.74, 6) is -2.25. The monoisotopic (exact) mass is 624 g/mol. The Kier molecular flexibility index (Phi) is 10.0. The summed E-state index contributed by atoms with van der Waals surface area (Å²) in [6, 6.07) is 9.56. The van der Waals surface area contributed by atoms with Gasteiger partial charge in [-0.25, -0.2) is 4.39 Å². The Hall–Kier alpha value is -3.64. The number of pyridine rings is 1. The number of fused-ring (bicyclic) bond motifs is 1. The van der Waals surface area contributed by atoms with E-state index in [2.05, 4.69) is 0 Å². The first-order valence-corrected chi connectivity index (χ1v) is 15.4. The minimum Gasteiger partial charge on any atom is -0.489 e. The molecule has 0 aliphatic heterocycles. The maximum Gasteiger partial charge on any atom is 0.251 e. The van der Waals surface area contributed by atoms with Crippen LogP contribution in [-0.4, -0.2) is 65.1 Å². The van der Waals surface area contributed by atoms with Crippen molar-refractivity contribution in [2.45, 2.75) is 58.2 Å². The van der Waals surface area contributed by atoms with Crippen molar-refractivity contribution in [2.24, 2.45) is 7.05 Å². The van der Waals surface area contributed by atoms with Crippen LogP contribution in [0.1, 0.15) is 48.7 Å². The summed E-state index contributed by atoms with van der Waals surface area (Å²) >= 11 is 0. The molecule has 1 saturated carbocycles. The van der Waals surface area contributed by atoms with Crippen molar-refractivity contribution in [3.05, 3.63) is 80.9 Å². The molecule has 242 valence electrons. The van der Waals surface area contributed by atoms with Crippen LogP contribution in [0.5, 0.6) is 5.75 Å². The van der Waals surface area contributed by atoms with E-state index >= 15 is 4.39 Å². The molecule has 0 unspecified atom stereocenters. The Morgan fingerprint density at radius 2 is 1.91 bits per heavy atom. The van der Waals surface area contributed by atoms with Gasteiger partial charge < -0.3 is 28.8 Å². The minimum atomic E-state index is -1.06. The summed E-state index contributed by atoms with van der Waals surface area (Å²) in [7, 11) is 5.69. The molecule has 1 fully saturated rings. The molecule has 5 rings (SSSR count). The number of benzene rings is 2. The van der Waals surface area contributed by atoms with Crippen molar-refractivity contribution in [3.8, 4) is 16.9 Å². The van der Waals surface area contributed by atoms with E-state index in [1.807, 2.05) is 50.6 Å². The minimum absolute atomic E-state index is 0.0873. The van der Waals surface area contributed by atoms with Crippen LogP contribution in [0.4, 0.5) is 8.78 Å². The molecule has 0 saturated heterocycles. The lowest BCUT2D eigenvalue weighted by molar-refractivity contribution is -0.180. The summed E-state index contributed by atoms with van der Waals surface area (Å²) in [5, 5.41) is 15.1. The molecule has 1 aliphatic carbocycles. The Morgan fingerprint density at radius 3 is 2.58 bits per heavy atom. The number of aromatic nitrogens is 3. The van der Waals surface area contributed by atoms with Crippen LogP contribution in [0.15, 0.2) is 41.2 Å². The van der Waals surface area contributed by atoms with Crippen molar-refractivity contribution in [1.29, 1.82) is 0 Å². The van der Waals surface area contributed by atoms with Gasteiger partial charge in [0.05, 0.1) is 24.4 Å². The predicted octanol–water partition coefficient (Wildman–Crippen LogP) is 5.05. The number of halogens is 2. The van der Waals surface area contributed by atoms with Gasteiger partial charge in [0.25, 0.3) is 5.56 Å². The molecule has 4 aromatic rings. The smallest absolute Gasteiger partial charge is 0.251 e. The lowest BCUT2D eigenvalue weighted by Gasteiger charge is -2.40. The topological polar surface area (TPSA) is 91.0 Å². The van der Waals surface area contributed by atoms with E-state index in [-0.39, 0.29) is 37.9 Å². The molecular formula is C34H42F2N4O5. The fourth-order valence-corrected chi connectivity index (χ4v) is 6.08. The average molecular weight is 625 g/mol. The van der Waals surface area contributed by atoms with Gasteiger partial charge in [0.15, 0.2) is 11.6 Å². The molecule has 0 radical (unpaired) electrons. The summed E-state index contributed by atoms with van der Waals surface area (Å²) in [5.41, 5.74) is 4.47. The van der Waals surface area contributed by atoms with Gasteiger partial charge in [-0.15, -0.1) is 0 Å². The molecule has 0 spiro atoms. The molecule has 1 aliphatic rings. The highest BCUT2D eigenvalue weighted by atomic mass is 19.2. The second-order valence-electron chi connectivity index (χ2n) is 11.8. The standard InChI is InChI=1S/C34H42F2N4O5/c1-6-43-21-45-34(13-7-14-34)33-25(22(2)39(5)37-33)12-17-44-32-26(9-10-28(35)31(32)36)23-8-11-29-27(18-23)24(20-38(3)4)19-30(42)40(29)15-16-41/h8-11,18-19,41H,6-7,12-17,20-21H2,1-5H3. The lowest BCUT2D eigenvalue weighted by atomic mass is 9.75. The zero-order valence-corrected chi connectivity index (χ0v) is 26.7. The van der Waals surface area contributed by atoms with Crippen LogP contribution in [0.25, 0.3) is 22.0 Å². The quantitative estimate of drug-likeness (QED) is 0.155. The Balaban J connectivity index is 1.48. The molecule has 0 atom stereocenters. The van der Waals surface area contributed by atoms with Crippen LogP contribution in [0.3, 0.4) is 0 Å². The highest BCUT2D eigenvalue weighted by molar-refractivity contribution is 5.88. The average Bonchev–Trinajstić information content (AvgIpc) is 3.27. The second-order valence-corrected chi connectivity index (χ2v) is 11.8. The first-order valence-electron chi connectivity index (χ1n) is 15.4. The SMILES string of the molecule is CCOCOC1(c2nn(C)c(C)c2CCOc2c(-c3ccc4c(c3)c(CN(C)C)cc(=O)n4CCO)ccc(F)c2F)CCC1. The third-order valence-electron chi connectivity index (χ3n) is 8.64. The first-order chi connectivity index (χ1) is 21.6. The largest absolute Gasteiger partial charge is 0.489 e. The molecule has 9 nitrogen and oxygen atoms in total. The maximum atomic E-state index is 15.4. The van der Waals surface area contributed by atoms with Crippen LogP contribution in [0.2, 0.25) is 0 Å². The van der Waals surface area contributed by atoms with E-state index in [4.69, 9.17) is 19.3 Å². The van der Waals surface area contributed by atoms with Gasteiger partial charge in [-0.3, -0.25) is 9.48 Å². The Morgan fingerprint density at radius 1 is 1.13 bits per heavy atom. The van der Waals surface area contributed by atoms with E-state index in [1.165, 1.54) is 10.6 Å². The number of hydrogen-bond acceptors (Lipinski definition) is 7. The van der Waals surface area contributed by atoms with Gasteiger partial charge in [0.2, 0.25) is 5.82 Å². The van der Waals surface area contributed by atoms with E-state index in [0.717, 1.165) is 53.2 Å². The molecule has 0 bridgehead atoms. The summed E-state index contributed by atoms with van der Waals surface area (Å²) in [6.07, 6.45) is 3.10. The summed E-state index contributed by atoms with van der Waals surface area (Å²) in [6.45, 7) is 5.16. The van der Waals surface area contributed by atoms with Gasteiger partial charge in [0, 0.05) is 61.4 Å². The molecular weight excluding hydrogens is 582 g/mol. The third-order valence-corrected chi connectivity index (χ3v) is 8.64. The number of ether oxygens (including phenoxy) is 3. The Bertz CT molecular complexity index is 1730. The molecule has 11 heteroatoms. The number of aliphatic hydroxyl groups excluding tert-OH is 1. The van der Waals surface area contributed by atoms with E-state index in [1.54, 1.807) is 18.2 Å². The third kappa shape index (κ3) is 6.53. The van der Waals surface area contributed by atoms with Crippen molar-refractivity contribution < 1.29 is 28.1 Å². The van der Waals surface area contributed by atoms with Crippen molar-refractivity contribution in [1.82, 2.24) is 19.2 Å². The molecule has 0 amide bonds. The normalized spacial score (nSPS) is 14.3. The van der Waals surface area contributed by atoms with E-state index in [0.29, 0.717) is 36.2 Å². The number of aryl methyl sites for hydroxylation is 1. The van der Waals surface area contributed by atoms with Crippen molar-refractivity contribution in [2.75, 3.05) is 40.7 Å². The van der Waals surface area contributed by atoms with Gasteiger partial charge >= 0.3 is 0 Å². The van der Waals surface area contributed by atoms with Crippen LogP contribution in [-0.2, 0) is 41.6 Å². The number of nitrogens with zero attached hydrogens (tertiary/aromatic N) is 4. The number of hydrogen-bond donors (Lipinski definition) is 1. The molecule has 45 heavy (non-hydrogen) atoms. The summed E-state index contributed by atoms with van der Waals surface area (Å²) < 4.78 is 51.1. The van der Waals surface area contributed by atoms with Gasteiger partial charge in [-0.2, -0.15) is 9.49 Å². The fourth-order valence-electron chi connectivity index (χ4n) is 6.08. The fraction of sp³-hybridized carbons (Fsp3) is 0.471. The molecule has 2 aromatic carbocycles. The molecule has 1 N–H and O–H groups in total. The van der Waals surface area contributed by atoms with Crippen molar-refractivity contribution in [3.63, 3.8) is 0 Å². The lowest BCUT2D eigenvalue weighted by Crippen LogP contribution is -2.39. The highest BCUT2D eigenvalue weighted by Crippen LogP contribution is 2.46. The van der Waals surface area contributed by atoms with Crippen LogP contribution in [0, 0.1) is 18.6 Å². The molecule has 2 heterocycles.